The van der Waals surface area contributed by atoms with E-state index in [2.05, 4.69) is 10.6 Å². The van der Waals surface area contributed by atoms with Crippen molar-refractivity contribution >= 4 is 23.5 Å². The van der Waals surface area contributed by atoms with Gasteiger partial charge in [0.25, 0.3) is 0 Å². The van der Waals surface area contributed by atoms with E-state index in [-0.39, 0.29) is 17.1 Å². The van der Waals surface area contributed by atoms with E-state index < -0.39 is 11.7 Å². The summed E-state index contributed by atoms with van der Waals surface area (Å²) >= 11 is 0. The Balaban J connectivity index is 2.13. The van der Waals surface area contributed by atoms with Crippen LogP contribution in [0.2, 0.25) is 0 Å². The fraction of sp³-hybridized carbons (Fsp3) is 0.0714. The number of para-hydroxylation sites is 2. The molecular weight excluding hydrogens is 285 g/mol. The third-order valence-corrected chi connectivity index (χ3v) is 3.01. The Hall–Kier alpha value is -2.70. The van der Waals surface area contributed by atoms with E-state index in [9.17, 15) is 18.0 Å². The number of hydrogen-bond acceptors (Lipinski definition) is 3. The lowest BCUT2D eigenvalue weighted by molar-refractivity contribution is -0.137. The Morgan fingerprint density at radius 3 is 2.62 bits per heavy atom. The maximum atomic E-state index is 12.9. The summed E-state index contributed by atoms with van der Waals surface area (Å²) in [4.78, 5) is 10.6. The topological polar surface area (TPSA) is 50.4 Å². The number of carbonyl (C=O) groups excluding carboxylic acids is 1. The van der Waals surface area contributed by atoms with Crippen LogP contribution in [0.5, 0.6) is 11.5 Å². The van der Waals surface area contributed by atoms with Crippen LogP contribution < -0.4 is 15.4 Å². The van der Waals surface area contributed by atoms with E-state index in [1.54, 1.807) is 24.3 Å². The molecule has 108 valence electrons. The van der Waals surface area contributed by atoms with Gasteiger partial charge in [0.2, 0.25) is 6.41 Å². The van der Waals surface area contributed by atoms with Gasteiger partial charge >= 0.3 is 6.18 Å². The summed E-state index contributed by atoms with van der Waals surface area (Å²) in [6, 6.07) is 8.59. The zero-order chi connectivity index (χ0) is 15.0. The lowest BCUT2D eigenvalue weighted by Gasteiger charge is -2.24. The monoisotopic (exact) mass is 294 g/mol. The normalized spacial score (nSPS) is 12.5. The molecule has 0 bridgehead atoms. The quantitative estimate of drug-likeness (QED) is 0.699. The molecule has 0 unspecified atom stereocenters. The van der Waals surface area contributed by atoms with Crippen LogP contribution in [0.25, 0.3) is 0 Å². The van der Waals surface area contributed by atoms with E-state index in [4.69, 9.17) is 4.74 Å². The molecule has 0 radical (unpaired) electrons. The zero-order valence-corrected chi connectivity index (χ0v) is 10.5. The number of halogens is 3. The van der Waals surface area contributed by atoms with E-state index in [1.165, 1.54) is 0 Å². The minimum absolute atomic E-state index is 0.00401. The molecule has 0 saturated carbocycles. The van der Waals surface area contributed by atoms with Gasteiger partial charge in [0.1, 0.15) is 5.69 Å². The van der Waals surface area contributed by atoms with Gasteiger partial charge in [-0.2, -0.15) is 13.2 Å². The predicted molar refractivity (Wildman–Crippen MR) is 70.9 cm³/mol. The van der Waals surface area contributed by atoms with Crippen molar-refractivity contribution < 1.29 is 22.7 Å². The summed E-state index contributed by atoms with van der Waals surface area (Å²) < 4.78 is 44.1. The van der Waals surface area contributed by atoms with Gasteiger partial charge in [-0.1, -0.05) is 12.1 Å². The molecule has 1 heterocycles. The van der Waals surface area contributed by atoms with Crippen LogP contribution in [-0.4, -0.2) is 6.41 Å². The van der Waals surface area contributed by atoms with Gasteiger partial charge in [0.05, 0.1) is 16.9 Å². The number of rotatable bonds is 2. The molecule has 7 heteroatoms. The minimum atomic E-state index is -4.53. The summed E-state index contributed by atoms with van der Waals surface area (Å²) in [5.74, 6) is 0.425. The molecule has 1 amide bonds. The Kier molecular flexibility index (Phi) is 2.97. The van der Waals surface area contributed by atoms with Gasteiger partial charge in [0.15, 0.2) is 11.5 Å². The second-order valence-electron chi connectivity index (χ2n) is 4.38. The highest BCUT2D eigenvalue weighted by Crippen LogP contribution is 2.48. The van der Waals surface area contributed by atoms with Crippen molar-refractivity contribution in [2.75, 3.05) is 10.6 Å². The standard InChI is InChI=1S/C14H9F3N2O2/c15-14(16,17)8-5-10(18-7-20)13-12(6-8)21-11-4-2-1-3-9(11)19-13/h1-7,19H,(H,18,20). The molecule has 21 heavy (non-hydrogen) atoms. The van der Waals surface area contributed by atoms with Gasteiger partial charge in [-0.15, -0.1) is 0 Å². The molecule has 4 nitrogen and oxygen atoms in total. The molecule has 1 aliphatic heterocycles. The molecule has 0 fully saturated rings. The Morgan fingerprint density at radius 2 is 1.90 bits per heavy atom. The fourth-order valence-corrected chi connectivity index (χ4v) is 2.08. The fourth-order valence-electron chi connectivity index (χ4n) is 2.08. The smallest absolute Gasteiger partial charge is 0.416 e. The maximum absolute atomic E-state index is 12.9. The average Bonchev–Trinajstić information content (AvgIpc) is 2.44. The van der Waals surface area contributed by atoms with Gasteiger partial charge < -0.3 is 15.4 Å². The third-order valence-electron chi connectivity index (χ3n) is 3.01. The number of carbonyl (C=O) groups is 1. The summed E-state index contributed by atoms with van der Waals surface area (Å²) in [6.07, 6.45) is -4.22. The summed E-state index contributed by atoms with van der Waals surface area (Å²) in [5, 5.41) is 5.21. The van der Waals surface area contributed by atoms with Crippen LogP contribution in [-0.2, 0) is 11.0 Å². The number of nitrogens with one attached hydrogen (secondary N) is 2. The van der Waals surface area contributed by atoms with Crippen molar-refractivity contribution in [2.24, 2.45) is 0 Å². The van der Waals surface area contributed by atoms with Crippen LogP contribution in [0.1, 0.15) is 5.56 Å². The van der Waals surface area contributed by atoms with Gasteiger partial charge in [-0.25, -0.2) is 0 Å². The van der Waals surface area contributed by atoms with Gasteiger partial charge in [-0.3, -0.25) is 4.79 Å². The second-order valence-corrected chi connectivity index (χ2v) is 4.38. The molecule has 0 aromatic heterocycles. The molecule has 2 N–H and O–H groups in total. The highest BCUT2D eigenvalue weighted by Gasteiger charge is 2.33. The van der Waals surface area contributed by atoms with Gasteiger partial charge in [0, 0.05) is 0 Å². The van der Waals surface area contributed by atoms with Crippen molar-refractivity contribution in [1.82, 2.24) is 0 Å². The highest BCUT2D eigenvalue weighted by molar-refractivity contribution is 5.90. The van der Waals surface area contributed by atoms with Crippen molar-refractivity contribution in [2.45, 2.75) is 6.18 Å². The predicted octanol–water partition coefficient (Wildman–Crippen LogP) is 4.12. The van der Waals surface area contributed by atoms with Crippen LogP contribution in [0.15, 0.2) is 36.4 Å². The molecule has 2 aromatic carbocycles. The van der Waals surface area contributed by atoms with E-state index in [1.807, 2.05) is 0 Å². The van der Waals surface area contributed by atoms with Crippen LogP contribution in [0, 0.1) is 0 Å². The largest absolute Gasteiger partial charge is 0.453 e. The number of benzene rings is 2. The first kappa shape index (κ1) is 13.3. The highest BCUT2D eigenvalue weighted by atomic mass is 19.4. The van der Waals surface area contributed by atoms with E-state index >= 15 is 0 Å². The lowest BCUT2D eigenvalue weighted by Crippen LogP contribution is -2.11. The van der Waals surface area contributed by atoms with Crippen molar-refractivity contribution in [1.29, 1.82) is 0 Å². The average molecular weight is 294 g/mol. The molecule has 0 aliphatic carbocycles. The molecule has 0 saturated heterocycles. The molecule has 2 aromatic rings. The summed E-state index contributed by atoms with van der Waals surface area (Å²) in [6.45, 7) is 0. The minimum Gasteiger partial charge on any atom is -0.453 e. The summed E-state index contributed by atoms with van der Waals surface area (Å²) in [7, 11) is 0. The third kappa shape index (κ3) is 2.37. The van der Waals surface area contributed by atoms with Crippen LogP contribution >= 0.6 is 0 Å². The van der Waals surface area contributed by atoms with E-state index in [0.29, 0.717) is 17.8 Å². The number of ether oxygens (including phenoxy) is 1. The number of alkyl halides is 3. The first-order valence-electron chi connectivity index (χ1n) is 5.98. The van der Waals surface area contributed by atoms with E-state index in [0.717, 1.165) is 12.1 Å². The number of amides is 1. The SMILES string of the molecule is O=CNc1cc(C(F)(F)F)cc2c1Nc1ccccc1O2. The van der Waals surface area contributed by atoms with Crippen LogP contribution in [0.4, 0.5) is 30.2 Å². The first-order chi connectivity index (χ1) is 9.99. The number of fused-ring (bicyclic) bond motifs is 2. The van der Waals surface area contributed by atoms with Crippen molar-refractivity contribution in [3.63, 3.8) is 0 Å². The summed E-state index contributed by atoms with van der Waals surface area (Å²) in [5.41, 5.74) is 0.00335. The molecule has 0 atom stereocenters. The Morgan fingerprint density at radius 1 is 1.14 bits per heavy atom. The second kappa shape index (κ2) is 4.69. The van der Waals surface area contributed by atoms with Crippen molar-refractivity contribution in [3.8, 4) is 11.5 Å². The lowest BCUT2D eigenvalue weighted by atomic mass is 10.1. The maximum Gasteiger partial charge on any atom is 0.416 e. The number of anilines is 3. The molecular formula is C14H9F3N2O2. The zero-order valence-electron chi connectivity index (χ0n) is 10.5. The first-order valence-corrected chi connectivity index (χ1v) is 5.98. The molecule has 1 aliphatic rings. The Labute approximate surface area is 117 Å². The number of hydrogen-bond donors (Lipinski definition) is 2. The van der Waals surface area contributed by atoms with Crippen LogP contribution in [0.3, 0.4) is 0 Å². The molecule has 0 spiro atoms. The molecule has 3 rings (SSSR count). The Bertz CT molecular complexity index is 714. The van der Waals surface area contributed by atoms with Crippen molar-refractivity contribution in [3.05, 3.63) is 42.0 Å². The van der Waals surface area contributed by atoms with Gasteiger partial charge in [-0.05, 0) is 24.3 Å².